The van der Waals surface area contributed by atoms with Gasteiger partial charge in [0.1, 0.15) is 11.4 Å². The standard InChI is InChI=1S/C12H12N4O2/c1-7-4-8(13)5-15-11(7)16-12(18)9-6-14-3-2-10(9)17/h2-6H,13H2,1H3,(H,14,17)(H,15,16,18). The summed E-state index contributed by atoms with van der Waals surface area (Å²) in [6.07, 6.45) is 4.26. The fourth-order valence-electron chi connectivity index (χ4n) is 1.50. The van der Waals surface area contributed by atoms with Crippen molar-refractivity contribution < 1.29 is 4.79 Å². The third kappa shape index (κ3) is 2.37. The van der Waals surface area contributed by atoms with E-state index in [-0.39, 0.29) is 11.0 Å². The molecule has 0 saturated heterocycles. The number of nitrogen functional groups attached to an aromatic ring is 1. The Hall–Kier alpha value is -2.63. The number of amides is 1. The molecule has 4 N–H and O–H groups in total. The van der Waals surface area contributed by atoms with Crippen molar-refractivity contribution >= 4 is 17.4 Å². The fourth-order valence-corrected chi connectivity index (χ4v) is 1.50. The average Bonchev–Trinajstić information content (AvgIpc) is 2.33. The Morgan fingerprint density at radius 2 is 2.28 bits per heavy atom. The Kier molecular flexibility index (Phi) is 3.09. The van der Waals surface area contributed by atoms with E-state index in [9.17, 15) is 9.59 Å². The number of aryl methyl sites for hydroxylation is 1. The molecule has 2 aromatic rings. The lowest BCUT2D eigenvalue weighted by Gasteiger charge is -2.07. The summed E-state index contributed by atoms with van der Waals surface area (Å²) in [5.41, 5.74) is 6.50. The van der Waals surface area contributed by atoms with E-state index in [0.717, 1.165) is 5.56 Å². The maximum Gasteiger partial charge on any atom is 0.262 e. The molecule has 0 saturated carbocycles. The van der Waals surface area contributed by atoms with E-state index >= 15 is 0 Å². The van der Waals surface area contributed by atoms with Crippen molar-refractivity contribution in [1.29, 1.82) is 0 Å². The Morgan fingerprint density at radius 3 is 2.94 bits per heavy atom. The first-order valence-corrected chi connectivity index (χ1v) is 5.28. The van der Waals surface area contributed by atoms with Crippen LogP contribution >= 0.6 is 0 Å². The van der Waals surface area contributed by atoms with Gasteiger partial charge in [-0.2, -0.15) is 0 Å². The molecule has 6 heteroatoms. The van der Waals surface area contributed by atoms with Gasteiger partial charge in [0, 0.05) is 18.5 Å². The summed E-state index contributed by atoms with van der Waals surface area (Å²) in [5.74, 6) is -0.116. The lowest BCUT2D eigenvalue weighted by atomic mass is 10.2. The lowest BCUT2D eigenvalue weighted by Crippen LogP contribution is -2.21. The Bertz CT molecular complexity index is 649. The highest BCUT2D eigenvalue weighted by molar-refractivity contribution is 6.03. The Morgan fingerprint density at radius 1 is 1.50 bits per heavy atom. The summed E-state index contributed by atoms with van der Waals surface area (Å²) in [4.78, 5) is 30.0. The van der Waals surface area contributed by atoms with Crippen LogP contribution in [0.4, 0.5) is 11.5 Å². The number of rotatable bonds is 2. The summed E-state index contributed by atoms with van der Waals surface area (Å²) < 4.78 is 0. The van der Waals surface area contributed by atoms with Crippen LogP contribution in [0.3, 0.4) is 0 Å². The molecule has 2 heterocycles. The van der Waals surface area contributed by atoms with Crippen LogP contribution in [0.1, 0.15) is 15.9 Å². The van der Waals surface area contributed by atoms with Crippen molar-refractivity contribution in [3.05, 3.63) is 52.1 Å². The van der Waals surface area contributed by atoms with Crippen LogP contribution in [0.5, 0.6) is 0 Å². The summed E-state index contributed by atoms with van der Waals surface area (Å²) in [6.45, 7) is 1.77. The van der Waals surface area contributed by atoms with Crippen LogP contribution < -0.4 is 16.5 Å². The highest BCUT2D eigenvalue weighted by atomic mass is 16.2. The number of aromatic nitrogens is 2. The van der Waals surface area contributed by atoms with Gasteiger partial charge in [-0.15, -0.1) is 0 Å². The SMILES string of the molecule is Cc1cc(N)cnc1NC(=O)c1c[nH]ccc1=O. The minimum Gasteiger partial charge on any atom is -0.397 e. The molecule has 2 rings (SSSR count). The molecule has 92 valence electrons. The first-order valence-electron chi connectivity index (χ1n) is 5.28. The predicted octanol–water partition coefficient (Wildman–Crippen LogP) is 0.913. The van der Waals surface area contributed by atoms with Gasteiger partial charge in [-0.05, 0) is 18.6 Å². The van der Waals surface area contributed by atoms with Crippen LogP contribution in [-0.4, -0.2) is 15.9 Å². The first kappa shape index (κ1) is 11.8. The van der Waals surface area contributed by atoms with Gasteiger partial charge in [-0.25, -0.2) is 4.98 Å². The maximum atomic E-state index is 11.9. The number of nitrogens with two attached hydrogens (primary N) is 1. The molecular formula is C12H12N4O2. The van der Waals surface area contributed by atoms with Gasteiger partial charge >= 0.3 is 0 Å². The molecule has 2 aromatic heterocycles. The van der Waals surface area contributed by atoms with Crippen molar-refractivity contribution in [2.24, 2.45) is 0 Å². The van der Waals surface area contributed by atoms with Crippen molar-refractivity contribution in [2.45, 2.75) is 6.92 Å². The Balaban J connectivity index is 2.27. The van der Waals surface area contributed by atoms with E-state index in [4.69, 9.17) is 5.73 Å². The van der Waals surface area contributed by atoms with Crippen LogP contribution in [0.25, 0.3) is 0 Å². The smallest absolute Gasteiger partial charge is 0.262 e. The summed E-state index contributed by atoms with van der Waals surface area (Å²) in [6, 6.07) is 2.98. The number of carbonyl (C=O) groups is 1. The van der Waals surface area contributed by atoms with E-state index < -0.39 is 5.91 Å². The van der Waals surface area contributed by atoms with Crippen LogP contribution in [0.15, 0.2) is 35.5 Å². The molecule has 0 aliphatic heterocycles. The van der Waals surface area contributed by atoms with Crippen molar-refractivity contribution in [2.75, 3.05) is 11.1 Å². The number of anilines is 2. The fraction of sp³-hybridized carbons (Fsp3) is 0.0833. The number of nitrogens with one attached hydrogen (secondary N) is 2. The van der Waals surface area contributed by atoms with Crippen molar-refractivity contribution in [3.63, 3.8) is 0 Å². The van der Waals surface area contributed by atoms with Gasteiger partial charge in [0.25, 0.3) is 5.91 Å². The molecule has 0 spiro atoms. The minimum atomic E-state index is -0.503. The quantitative estimate of drug-likeness (QED) is 0.730. The van der Waals surface area contributed by atoms with Gasteiger partial charge in [0.2, 0.25) is 0 Å². The molecule has 0 fully saturated rings. The minimum absolute atomic E-state index is 0.0375. The van der Waals surface area contributed by atoms with E-state index in [1.54, 1.807) is 13.0 Å². The third-order valence-electron chi connectivity index (χ3n) is 2.40. The van der Waals surface area contributed by atoms with Crippen LogP contribution in [0.2, 0.25) is 0 Å². The van der Waals surface area contributed by atoms with E-state index in [0.29, 0.717) is 11.5 Å². The molecule has 18 heavy (non-hydrogen) atoms. The molecule has 0 unspecified atom stereocenters. The zero-order valence-electron chi connectivity index (χ0n) is 9.73. The van der Waals surface area contributed by atoms with Gasteiger partial charge in [0.05, 0.1) is 11.9 Å². The average molecular weight is 244 g/mol. The largest absolute Gasteiger partial charge is 0.397 e. The lowest BCUT2D eigenvalue weighted by molar-refractivity contribution is 0.102. The topological polar surface area (TPSA) is 101 Å². The highest BCUT2D eigenvalue weighted by Crippen LogP contribution is 2.14. The van der Waals surface area contributed by atoms with Gasteiger partial charge in [-0.3, -0.25) is 9.59 Å². The zero-order valence-corrected chi connectivity index (χ0v) is 9.73. The first-order chi connectivity index (χ1) is 8.58. The zero-order chi connectivity index (χ0) is 13.1. The molecule has 0 aromatic carbocycles. The Labute approximate surface area is 103 Å². The molecule has 1 amide bonds. The highest BCUT2D eigenvalue weighted by Gasteiger charge is 2.11. The third-order valence-corrected chi connectivity index (χ3v) is 2.40. The number of carbonyl (C=O) groups excluding carboxylic acids is 1. The molecular weight excluding hydrogens is 232 g/mol. The second-order valence-electron chi connectivity index (χ2n) is 3.81. The van der Waals surface area contributed by atoms with Gasteiger partial charge in [-0.1, -0.05) is 0 Å². The summed E-state index contributed by atoms with van der Waals surface area (Å²) >= 11 is 0. The number of H-pyrrole nitrogens is 1. The number of hydrogen-bond donors (Lipinski definition) is 3. The van der Waals surface area contributed by atoms with Crippen molar-refractivity contribution in [3.8, 4) is 0 Å². The summed E-state index contributed by atoms with van der Waals surface area (Å²) in [7, 11) is 0. The number of aromatic amines is 1. The van der Waals surface area contributed by atoms with E-state index in [1.165, 1.54) is 24.7 Å². The van der Waals surface area contributed by atoms with E-state index in [1.807, 2.05) is 0 Å². The second kappa shape index (κ2) is 4.70. The van der Waals surface area contributed by atoms with Gasteiger partial charge < -0.3 is 16.0 Å². The monoisotopic (exact) mass is 244 g/mol. The number of pyridine rings is 2. The second-order valence-corrected chi connectivity index (χ2v) is 3.81. The molecule has 0 aliphatic rings. The van der Waals surface area contributed by atoms with Gasteiger partial charge in [0.15, 0.2) is 5.43 Å². The maximum absolute atomic E-state index is 11.9. The molecule has 0 atom stereocenters. The molecule has 6 nitrogen and oxygen atoms in total. The molecule has 0 aliphatic carbocycles. The summed E-state index contributed by atoms with van der Waals surface area (Å²) in [5, 5.41) is 2.57. The molecule has 0 bridgehead atoms. The number of hydrogen-bond acceptors (Lipinski definition) is 4. The van der Waals surface area contributed by atoms with Crippen LogP contribution in [-0.2, 0) is 0 Å². The number of nitrogens with zero attached hydrogens (tertiary/aromatic N) is 1. The van der Waals surface area contributed by atoms with Crippen molar-refractivity contribution in [1.82, 2.24) is 9.97 Å². The van der Waals surface area contributed by atoms with E-state index in [2.05, 4.69) is 15.3 Å². The van der Waals surface area contributed by atoms with Crippen LogP contribution in [0, 0.1) is 6.92 Å². The normalized spacial score (nSPS) is 10.1. The molecule has 0 radical (unpaired) electrons. The predicted molar refractivity (Wildman–Crippen MR) is 68.4 cm³/mol.